The standard InChI is InChI=1S/C52H104NO8P/c1-6-8-10-12-14-16-18-20-22-24-26-27-29-30-32-34-36-38-40-42-44-51(54)58-48-50(49-60-62(56,57)59-47-46-53(3,4)5)61-52(55)45-43-41-39-37-35-33-31-28-25-23-21-19-17-15-13-11-9-7-2/h50H,6-49H2,1-5H3. The summed E-state index contributed by atoms with van der Waals surface area (Å²) in [6, 6.07) is 0. The van der Waals surface area contributed by atoms with E-state index in [1.54, 1.807) is 0 Å². The van der Waals surface area contributed by atoms with Gasteiger partial charge < -0.3 is 27.9 Å². The zero-order chi connectivity index (χ0) is 45.7. The first-order chi connectivity index (χ1) is 30.0. The van der Waals surface area contributed by atoms with Crippen LogP contribution in [-0.2, 0) is 32.7 Å². The average Bonchev–Trinajstić information content (AvgIpc) is 3.23. The van der Waals surface area contributed by atoms with Crippen LogP contribution in [-0.4, -0.2) is 70.0 Å². The zero-order valence-electron chi connectivity index (χ0n) is 41.9. The lowest BCUT2D eigenvalue weighted by molar-refractivity contribution is -0.870. The van der Waals surface area contributed by atoms with Crippen LogP contribution < -0.4 is 4.89 Å². The lowest BCUT2D eigenvalue weighted by Gasteiger charge is -2.28. The van der Waals surface area contributed by atoms with Crippen LogP contribution >= 0.6 is 7.82 Å². The van der Waals surface area contributed by atoms with Crippen molar-refractivity contribution < 1.29 is 42.1 Å². The number of carbonyl (C=O) groups is 2. The molecule has 0 amide bonds. The number of phosphoric acid groups is 1. The van der Waals surface area contributed by atoms with Crippen molar-refractivity contribution in [2.24, 2.45) is 0 Å². The van der Waals surface area contributed by atoms with E-state index in [0.717, 1.165) is 32.1 Å². The van der Waals surface area contributed by atoms with Crippen molar-refractivity contribution in [3.05, 3.63) is 0 Å². The van der Waals surface area contributed by atoms with Crippen LogP contribution in [0.25, 0.3) is 0 Å². The van der Waals surface area contributed by atoms with Gasteiger partial charge in [-0.05, 0) is 12.8 Å². The lowest BCUT2D eigenvalue weighted by Crippen LogP contribution is -2.37. The molecule has 0 saturated carbocycles. The van der Waals surface area contributed by atoms with Gasteiger partial charge in [0.25, 0.3) is 7.82 Å². The summed E-state index contributed by atoms with van der Waals surface area (Å²) < 4.78 is 34.1. The molecule has 0 aliphatic rings. The number of quaternary nitrogens is 1. The highest BCUT2D eigenvalue weighted by atomic mass is 31.2. The fraction of sp³-hybridized carbons (Fsp3) is 0.962. The number of hydrogen-bond donors (Lipinski definition) is 0. The van der Waals surface area contributed by atoms with Crippen LogP contribution in [0.5, 0.6) is 0 Å². The maximum absolute atomic E-state index is 12.7. The first-order valence-corrected chi connectivity index (χ1v) is 28.2. The molecular formula is C52H104NO8P. The second-order valence-corrected chi connectivity index (χ2v) is 21.0. The molecule has 0 radical (unpaired) electrons. The summed E-state index contributed by atoms with van der Waals surface area (Å²) in [7, 11) is 1.19. The van der Waals surface area contributed by atoms with Gasteiger partial charge in [0.15, 0.2) is 6.10 Å². The number of nitrogens with zero attached hydrogens (tertiary/aromatic N) is 1. The summed E-state index contributed by atoms with van der Waals surface area (Å²) in [4.78, 5) is 37.7. The van der Waals surface area contributed by atoms with Crippen molar-refractivity contribution in [1.82, 2.24) is 0 Å². The smallest absolute Gasteiger partial charge is 0.306 e. The molecule has 0 aliphatic heterocycles. The molecule has 10 heteroatoms. The molecule has 0 aromatic heterocycles. The predicted molar refractivity (Wildman–Crippen MR) is 259 cm³/mol. The van der Waals surface area contributed by atoms with Crippen LogP contribution in [0.1, 0.15) is 271 Å². The highest BCUT2D eigenvalue weighted by Gasteiger charge is 2.21. The van der Waals surface area contributed by atoms with E-state index in [4.69, 9.17) is 18.5 Å². The molecule has 370 valence electrons. The highest BCUT2D eigenvalue weighted by molar-refractivity contribution is 7.45. The van der Waals surface area contributed by atoms with E-state index in [0.29, 0.717) is 17.4 Å². The molecule has 2 unspecified atom stereocenters. The van der Waals surface area contributed by atoms with Crippen LogP contribution in [0.2, 0.25) is 0 Å². The summed E-state index contributed by atoms with van der Waals surface area (Å²) in [5.74, 6) is -0.812. The summed E-state index contributed by atoms with van der Waals surface area (Å²) in [5.41, 5.74) is 0. The Morgan fingerprint density at radius 2 is 0.726 bits per heavy atom. The van der Waals surface area contributed by atoms with Gasteiger partial charge in [-0.1, -0.05) is 245 Å². The SMILES string of the molecule is CCCCCCCCCCCCCCCCCCCCCCC(=O)OCC(COP(=O)([O-])OCC[N+](C)(C)C)OC(=O)CCCCCCCCCCCCCCCCCCCC. The van der Waals surface area contributed by atoms with Gasteiger partial charge in [0, 0.05) is 12.8 Å². The number of likely N-dealkylation sites (N-methyl/N-ethyl adjacent to an activating group) is 1. The third-order valence-corrected chi connectivity index (χ3v) is 13.1. The van der Waals surface area contributed by atoms with Crippen molar-refractivity contribution in [3.63, 3.8) is 0 Å². The van der Waals surface area contributed by atoms with Gasteiger partial charge in [-0.15, -0.1) is 0 Å². The molecule has 0 aliphatic carbocycles. The Hall–Kier alpha value is -0.990. The molecule has 2 atom stereocenters. The Kier molecular flexibility index (Phi) is 44.5. The number of rotatable bonds is 50. The molecule has 0 rings (SSSR count). The number of hydrogen-bond acceptors (Lipinski definition) is 8. The van der Waals surface area contributed by atoms with Crippen LogP contribution in [0.4, 0.5) is 0 Å². The molecule has 62 heavy (non-hydrogen) atoms. The third-order valence-electron chi connectivity index (χ3n) is 12.1. The maximum Gasteiger partial charge on any atom is 0.306 e. The van der Waals surface area contributed by atoms with Crippen LogP contribution in [0.15, 0.2) is 0 Å². The molecule has 0 fully saturated rings. The Bertz CT molecular complexity index is 1020. The Morgan fingerprint density at radius 3 is 1.03 bits per heavy atom. The monoisotopic (exact) mass is 902 g/mol. The van der Waals surface area contributed by atoms with E-state index in [1.807, 2.05) is 21.1 Å². The van der Waals surface area contributed by atoms with Gasteiger partial charge in [0.2, 0.25) is 0 Å². The molecule has 0 heterocycles. The van der Waals surface area contributed by atoms with Crippen LogP contribution in [0.3, 0.4) is 0 Å². The van der Waals surface area contributed by atoms with E-state index in [9.17, 15) is 19.0 Å². The first-order valence-electron chi connectivity index (χ1n) is 26.7. The summed E-state index contributed by atoms with van der Waals surface area (Å²) in [5, 5.41) is 0. The largest absolute Gasteiger partial charge is 0.756 e. The van der Waals surface area contributed by atoms with Crippen molar-refractivity contribution in [3.8, 4) is 0 Å². The van der Waals surface area contributed by atoms with Gasteiger partial charge in [-0.3, -0.25) is 14.2 Å². The lowest BCUT2D eigenvalue weighted by atomic mass is 10.0. The van der Waals surface area contributed by atoms with Crippen molar-refractivity contribution in [1.29, 1.82) is 0 Å². The summed E-state index contributed by atoms with van der Waals surface area (Å²) in [6.07, 6.45) is 48.5. The molecule has 0 spiro atoms. The van der Waals surface area contributed by atoms with Crippen LogP contribution in [0, 0.1) is 0 Å². The molecule has 0 aromatic rings. The number of ether oxygens (including phenoxy) is 2. The van der Waals surface area contributed by atoms with Gasteiger partial charge >= 0.3 is 11.9 Å². The fourth-order valence-corrected chi connectivity index (χ4v) is 8.68. The van der Waals surface area contributed by atoms with E-state index >= 15 is 0 Å². The van der Waals surface area contributed by atoms with Crippen molar-refractivity contribution >= 4 is 19.8 Å². The van der Waals surface area contributed by atoms with Crippen molar-refractivity contribution in [2.45, 2.75) is 277 Å². The van der Waals surface area contributed by atoms with Gasteiger partial charge in [0.05, 0.1) is 27.7 Å². The quantitative estimate of drug-likeness (QED) is 0.0257. The Morgan fingerprint density at radius 1 is 0.435 bits per heavy atom. The topological polar surface area (TPSA) is 111 Å². The first kappa shape index (κ1) is 61.0. The summed E-state index contributed by atoms with van der Waals surface area (Å²) in [6.45, 7) is 4.30. The second-order valence-electron chi connectivity index (χ2n) is 19.6. The minimum Gasteiger partial charge on any atom is -0.756 e. The van der Waals surface area contributed by atoms with Gasteiger partial charge in [-0.25, -0.2) is 0 Å². The molecule has 0 saturated heterocycles. The van der Waals surface area contributed by atoms with E-state index in [-0.39, 0.29) is 32.0 Å². The second kappa shape index (κ2) is 45.2. The van der Waals surface area contributed by atoms with E-state index in [2.05, 4.69) is 13.8 Å². The number of esters is 2. The van der Waals surface area contributed by atoms with E-state index in [1.165, 1.54) is 205 Å². The molecular weight excluding hydrogens is 798 g/mol. The van der Waals surface area contributed by atoms with Gasteiger partial charge in [0.1, 0.15) is 19.8 Å². The number of unbranched alkanes of at least 4 members (excludes halogenated alkanes) is 36. The van der Waals surface area contributed by atoms with E-state index < -0.39 is 26.5 Å². The van der Waals surface area contributed by atoms with Crippen molar-refractivity contribution in [2.75, 3.05) is 47.5 Å². The Balaban J connectivity index is 4.17. The molecule has 0 bridgehead atoms. The molecule has 9 nitrogen and oxygen atoms in total. The molecule has 0 N–H and O–H groups in total. The maximum atomic E-state index is 12.7. The minimum atomic E-state index is -4.62. The number of carbonyl (C=O) groups excluding carboxylic acids is 2. The summed E-state index contributed by atoms with van der Waals surface area (Å²) >= 11 is 0. The normalized spacial score (nSPS) is 13.3. The zero-order valence-corrected chi connectivity index (χ0v) is 42.7. The minimum absolute atomic E-state index is 0.0252. The highest BCUT2D eigenvalue weighted by Crippen LogP contribution is 2.38. The molecule has 0 aromatic carbocycles. The third kappa shape index (κ3) is 48.5. The fourth-order valence-electron chi connectivity index (χ4n) is 7.95. The van der Waals surface area contributed by atoms with Gasteiger partial charge in [-0.2, -0.15) is 0 Å². The Labute approximate surface area is 384 Å². The predicted octanol–water partition coefficient (Wildman–Crippen LogP) is 15.3. The number of phosphoric ester groups is 1. The average molecular weight is 902 g/mol.